The molecule has 0 saturated heterocycles. The number of hydrogen-bond acceptors (Lipinski definition) is 3. The van der Waals surface area contributed by atoms with Crippen molar-refractivity contribution in [2.75, 3.05) is 6.54 Å². The lowest BCUT2D eigenvalue weighted by Gasteiger charge is -2.30. The summed E-state index contributed by atoms with van der Waals surface area (Å²) in [5.74, 6) is -0.769. The number of halogens is 3. The highest BCUT2D eigenvalue weighted by Gasteiger charge is 2.40. The predicted molar refractivity (Wildman–Crippen MR) is 50.0 cm³/mol. The number of carbonyl (C=O) groups is 1. The summed E-state index contributed by atoms with van der Waals surface area (Å²) in [4.78, 5) is 12.0. The van der Waals surface area contributed by atoms with E-state index in [0.29, 0.717) is 0 Å². The van der Waals surface area contributed by atoms with Crippen LogP contribution in [0.5, 0.6) is 0 Å². The van der Waals surface area contributed by atoms with E-state index < -0.39 is 30.8 Å². The number of rotatable bonds is 3. The Morgan fingerprint density at radius 1 is 1.50 bits per heavy atom. The molecule has 0 radical (unpaired) electrons. The molecule has 16 heavy (non-hydrogen) atoms. The first-order valence-corrected chi connectivity index (χ1v) is 4.47. The zero-order chi connectivity index (χ0) is 12.3. The molecule has 0 fully saturated rings. The number of allylic oxidation sites excluding steroid dienone is 2. The average molecular weight is 236 g/mol. The molecular weight excluding hydrogens is 225 g/mol. The number of nitrogens with zero attached hydrogens (tertiary/aromatic N) is 1. The molecule has 90 valence electrons. The number of alkyl halides is 3. The van der Waals surface area contributed by atoms with Crippen LogP contribution in [0.25, 0.3) is 0 Å². The van der Waals surface area contributed by atoms with E-state index in [1.807, 2.05) is 0 Å². The monoisotopic (exact) mass is 236 g/mol. The summed E-state index contributed by atoms with van der Waals surface area (Å²) >= 11 is 0. The van der Waals surface area contributed by atoms with Crippen molar-refractivity contribution in [2.45, 2.75) is 18.3 Å². The number of amides is 1. The van der Waals surface area contributed by atoms with Crippen LogP contribution < -0.4 is 5.73 Å². The van der Waals surface area contributed by atoms with Gasteiger partial charge in [0.05, 0.1) is 6.54 Å². The van der Waals surface area contributed by atoms with Crippen LogP contribution >= 0.6 is 0 Å². The molecule has 1 aliphatic rings. The van der Waals surface area contributed by atoms with Gasteiger partial charge < -0.3 is 15.7 Å². The van der Waals surface area contributed by atoms with Gasteiger partial charge >= 0.3 is 6.18 Å². The van der Waals surface area contributed by atoms with E-state index in [-0.39, 0.29) is 0 Å². The Bertz CT molecular complexity index is 325. The molecule has 0 bridgehead atoms. The fourth-order valence-corrected chi connectivity index (χ4v) is 1.27. The zero-order valence-corrected chi connectivity index (χ0v) is 8.19. The molecule has 0 saturated carbocycles. The molecule has 0 aromatic rings. The molecule has 4 nitrogen and oxygen atoms in total. The molecule has 3 N–H and O–H groups in total. The van der Waals surface area contributed by atoms with Gasteiger partial charge in [-0.15, -0.1) is 0 Å². The Morgan fingerprint density at radius 3 is 2.62 bits per heavy atom. The van der Waals surface area contributed by atoms with Gasteiger partial charge in [-0.2, -0.15) is 13.2 Å². The van der Waals surface area contributed by atoms with Gasteiger partial charge in [-0.3, -0.25) is 4.79 Å². The largest absolute Gasteiger partial charge is 0.416 e. The van der Waals surface area contributed by atoms with Gasteiger partial charge in [-0.25, -0.2) is 0 Å². The van der Waals surface area contributed by atoms with Gasteiger partial charge in [0, 0.05) is 6.20 Å². The van der Waals surface area contributed by atoms with E-state index in [4.69, 9.17) is 10.8 Å². The van der Waals surface area contributed by atoms with Crippen LogP contribution in [0.3, 0.4) is 0 Å². The van der Waals surface area contributed by atoms with E-state index in [0.717, 1.165) is 4.90 Å². The Hall–Kier alpha value is -1.50. The van der Waals surface area contributed by atoms with Crippen molar-refractivity contribution in [3.05, 3.63) is 24.4 Å². The lowest BCUT2D eigenvalue weighted by molar-refractivity contribution is -0.207. The molecule has 0 aromatic carbocycles. The number of nitrogens with two attached hydrogens (primary N) is 1. The Kier molecular flexibility index (Phi) is 3.58. The van der Waals surface area contributed by atoms with Crippen molar-refractivity contribution in [1.82, 2.24) is 4.90 Å². The summed E-state index contributed by atoms with van der Waals surface area (Å²) in [6.07, 6.45) is -1.60. The van der Waals surface area contributed by atoms with Crippen LogP contribution in [0, 0.1) is 0 Å². The van der Waals surface area contributed by atoms with E-state index in [9.17, 15) is 18.0 Å². The maximum Gasteiger partial charge on any atom is 0.416 e. The van der Waals surface area contributed by atoms with Gasteiger partial charge in [0.2, 0.25) is 5.91 Å². The Labute approximate surface area is 89.8 Å². The lowest BCUT2D eigenvalue weighted by atomic mass is 10.1. The van der Waals surface area contributed by atoms with Crippen LogP contribution in [-0.2, 0) is 4.79 Å². The second-order valence-electron chi connectivity index (χ2n) is 3.33. The Balaban J connectivity index is 2.69. The maximum atomic E-state index is 12.1. The first kappa shape index (κ1) is 12.6. The fraction of sp³-hybridized carbons (Fsp3) is 0.444. The van der Waals surface area contributed by atoms with E-state index in [2.05, 4.69) is 0 Å². The van der Waals surface area contributed by atoms with Crippen molar-refractivity contribution in [3.63, 3.8) is 0 Å². The molecule has 1 aliphatic heterocycles. The van der Waals surface area contributed by atoms with Crippen LogP contribution in [0.2, 0.25) is 0 Å². The number of β-amino-alcohol motifs (C(OH)–C–C–N with tert-alkyl or cyclic N) is 1. The van der Waals surface area contributed by atoms with Crippen LogP contribution in [0.1, 0.15) is 0 Å². The molecule has 2 unspecified atom stereocenters. The minimum Gasteiger partial charge on any atom is -0.382 e. The highest BCUT2D eigenvalue weighted by Crippen LogP contribution is 2.22. The summed E-state index contributed by atoms with van der Waals surface area (Å²) in [6, 6.07) is -0.956. The smallest absolute Gasteiger partial charge is 0.382 e. The van der Waals surface area contributed by atoms with E-state index in [1.165, 1.54) is 24.4 Å². The van der Waals surface area contributed by atoms with E-state index >= 15 is 0 Å². The molecule has 1 amide bonds. The minimum atomic E-state index is -4.71. The fourth-order valence-electron chi connectivity index (χ4n) is 1.27. The van der Waals surface area contributed by atoms with Gasteiger partial charge in [0.25, 0.3) is 0 Å². The average Bonchev–Trinajstić information content (AvgIpc) is 2.16. The second kappa shape index (κ2) is 4.56. The highest BCUT2D eigenvalue weighted by atomic mass is 19.4. The standard InChI is InChI=1S/C9H11F3N2O2/c10-9(11,12)7(15)5-14-4-2-1-3-6(14)8(13)16/h1-4,6-7,15H,5H2,(H2,13,16). The van der Waals surface area contributed by atoms with Gasteiger partial charge in [0.1, 0.15) is 6.04 Å². The van der Waals surface area contributed by atoms with Crippen molar-refractivity contribution >= 4 is 5.91 Å². The summed E-state index contributed by atoms with van der Waals surface area (Å²) in [5.41, 5.74) is 5.01. The zero-order valence-electron chi connectivity index (χ0n) is 8.19. The number of hydrogen-bond donors (Lipinski definition) is 2. The summed E-state index contributed by atoms with van der Waals surface area (Å²) in [5, 5.41) is 8.86. The van der Waals surface area contributed by atoms with Crippen molar-refractivity contribution in [2.24, 2.45) is 5.73 Å². The first-order chi connectivity index (χ1) is 7.32. The molecule has 2 atom stereocenters. The van der Waals surface area contributed by atoms with Gasteiger partial charge in [0.15, 0.2) is 6.10 Å². The summed E-state index contributed by atoms with van der Waals surface area (Å²) in [6.45, 7) is -0.724. The minimum absolute atomic E-state index is 0.724. The lowest BCUT2D eigenvalue weighted by Crippen LogP contribution is -2.47. The van der Waals surface area contributed by atoms with Crippen LogP contribution in [0.15, 0.2) is 24.4 Å². The third-order valence-electron chi connectivity index (χ3n) is 2.09. The van der Waals surface area contributed by atoms with Crippen LogP contribution in [0.4, 0.5) is 13.2 Å². The number of carbonyl (C=O) groups excluding carboxylic acids is 1. The molecule has 0 aromatic heterocycles. The normalized spacial score (nSPS) is 22.2. The topological polar surface area (TPSA) is 66.6 Å². The number of primary amides is 1. The highest BCUT2D eigenvalue weighted by molar-refractivity contribution is 5.82. The molecule has 0 spiro atoms. The summed E-state index contributed by atoms with van der Waals surface area (Å²) < 4.78 is 36.3. The molecule has 0 aliphatic carbocycles. The summed E-state index contributed by atoms with van der Waals surface area (Å²) in [7, 11) is 0. The molecular formula is C9H11F3N2O2. The quantitative estimate of drug-likeness (QED) is 0.733. The third-order valence-corrected chi connectivity index (χ3v) is 2.09. The van der Waals surface area contributed by atoms with Crippen LogP contribution in [-0.4, -0.2) is 40.8 Å². The van der Waals surface area contributed by atoms with Gasteiger partial charge in [-0.1, -0.05) is 12.2 Å². The second-order valence-corrected chi connectivity index (χ2v) is 3.33. The SMILES string of the molecule is NC(=O)C1C=CC=CN1CC(O)C(F)(F)F. The van der Waals surface area contributed by atoms with E-state index in [1.54, 1.807) is 0 Å². The third kappa shape index (κ3) is 2.99. The maximum absolute atomic E-state index is 12.1. The molecule has 1 rings (SSSR count). The van der Waals surface area contributed by atoms with Gasteiger partial charge in [-0.05, 0) is 6.08 Å². The van der Waals surface area contributed by atoms with Crippen molar-refractivity contribution in [3.8, 4) is 0 Å². The van der Waals surface area contributed by atoms with Crippen molar-refractivity contribution < 1.29 is 23.1 Å². The van der Waals surface area contributed by atoms with Crippen molar-refractivity contribution in [1.29, 1.82) is 0 Å². The predicted octanol–water partition coefficient (Wildman–Crippen LogP) is 0.149. The first-order valence-electron chi connectivity index (χ1n) is 4.47. The Morgan fingerprint density at radius 2 is 2.12 bits per heavy atom. The molecule has 1 heterocycles. The molecule has 7 heteroatoms. The number of aliphatic hydroxyl groups excluding tert-OH is 1. The number of aliphatic hydroxyl groups is 1.